The molecule has 1 fully saturated rings. The Morgan fingerprint density at radius 2 is 1.58 bits per heavy atom. The Balaban J connectivity index is 0.00000338. The van der Waals surface area contributed by atoms with Crippen LogP contribution in [0.15, 0.2) is 24.3 Å². The zero-order valence-corrected chi connectivity index (χ0v) is 15.1. The van der Waals surface area contributed by atoms with Crippen molar-refractivity contribution in [1.82, 2.24) is 15.5 Å². The molecule has 26 heavy (non-hydrogen) atoms. The van der Waals surface area contributed by atoms with Crippen molar-refractivity contribution < 1.29 is 19.2 Å². The predicted molar refractivity (Wildman–Crippen MR) is 99.2 cm³/mol. The average Bonchev–Trinajstić information content (AvgIpc) is 2.91. The van der Waals surface area contributed by atoms with Gasteiger partial charge >= 0.3 is 6.03 Å². The van der Waals surface area contributed by atoms with Gasteiger partial charge in [-0.2, -0.15) is 0 Å². The number of carbonyl (C=O) groups is 4. The van der Waals surface area contributed by atoms with Crippen LogP contribution in [0.25, 0.3) is 0 Å². The second-order valence-corrected chi connectivity index (χ2v) is 5.48. The Morgan fingerprint density at radius 3 is 2.04 bits per heavy atom. The average molecular weight is 384 g/mol. The first-order valence-corrected chi connectivity index (χ1v) is 7.92. The molecule has 0 unspecified atom stereocenters. The summed E-state index contributed by atoms with van der Waals surface area (Å²) in [7, 11) is 1.77. The van der Waals surface area contributed by atoms with Gasteiger partial charge in [-0.3, -0.25) is 19.3 Å². The van der Waals surface area contributed by atoms with E-state index in [0.717, 1.165) is 4.90 Å². The molecule has 1 aliphatic rings. The van der Waals surface area contributed by atoms with Gasteiger partial charge in [0, 0.05) is 37.3 Å². The van der Waals surface area contributed by atoms with Gasteiger partial charge in [-0.25, -0.2) is 4.79 Å². The van der Waals surface area contributed by atoms with E-state index in [1.807, 2.05) is 0 Å². The number of anilines is 2. The van der Waals surface area contributed by atoms with E-state index < -0.39 is 6.03 Å². The zero-order valence-electron chi connectivity index (χ0n) is 14.3. The predicted octanol–water partition coefficient (Wildman–Crippen LogP) is 0.537. The molecule has 10 heteroatoms. The molecular weight excluding hydrogens is 362 g/mol. The van der Waals surface area contributed by atoms with Crippen LogP contribution in [0.5, 0.6) is 0 Å². The molecule has 0 saturated carbocycles. The fraction of sp³-hybridized carbons (Fsp3) is 0.375. The highest BCUT2D eigenvalue weighted by atomic mass is 35.5. The molecule has 0 atom stereocenters. The summed E-state index contributed by atoms with van der Waals surface area (Å²) in [6, 6.07) is 6.23. The van der Waals surface area contributed by atoms with E-state index in [2.05, 4.69) is 21.3 Å². The number of urea groups is 1. The van der Waals surface area contributed by atoms with Crippen LogP contribution >= 0.6 is 12.4 Å². The number of nitrogens with zero attached hydrogens (tertiary/aromatic N) is 1. The fourth-order valence-corrected chi connectivity index (χ4v) is 2.22. The van der Waals surface area contributed by atoms with Crippen molar-refractivity contribution in [3.63, 3.8) is 0 Å². The second-order valence-electron chi connectivity index (χ2n) is 5.48. The minimum Gasteiger partial charge on any atom is -0.329 e. The lowest BCUT2D eigenvalue weighted by molar-refractivity contribution is -0.125. The van der Waals surface area contributed by atoms with E-state index in [1.165, 1.54) is 0 Å². The Hall–Kier alpha value is -2.65. The normalized spacial score (nSPS) is 13.0. The van der Waals surface area contributed by atoms with Crippen molar-refractivity contribution in [2.24, 2.45) is 0 Å². The molecule has 4 N–H and O–H groups in total. The van der Waals surface area contributed by atoms with Gasteiger partial charge < -0.3 is 21.3 Å². The van der Waals surface area contributed by atoms with E-state index in [-0.39, 0.29) is 49.6 Å². The molecule has 1 aromatic rings. The summed E-state index contributed by atoms with van der Waals surface area (Å²) in [6.07, 6.45) is 0.388. The quantitative estimate of drug-likeness (QED) is 0.488. The summed E-state index contributed by atoms with van der Waals surface area (Å²) in [5, 5.41) is 10.7. The molecule has 0 aliphatic carbocycles. The third kappa shape index (κ3) is 6.34. The van der Waals surface area contributed by atoms with Crippen LogP contribution in [0.1, 0.15) is 12.8 Å². The molecule has 1 aromatic carbocycles. The molecule has 1 saturated heterocycles. The van der Waals surface area contributed by atoms with E-state index >= 15 is 0 Å². The number of carbonyl (C=O) groups excluding carboxylic acids is 4. The van der Waals surface area contributed by atoms with Crippen LogP contribution < -0.4 is 21.3 Å². The molecule has 142 valence electrons. The first-order valence-electron chi connectivity index (χ1n) is 7.92. The maximum Gasteiger partial charge on any atom is 0.324 e. The molecule has 5 amide bonds. The first kappa shape index (κ1) is 21.4. The molecular formula is C16H22ClN5O4. The molecule has 1 heterocycles. The van der Waals surface area contributed by atoms with Gasteiger partial charge in [-0.1, -0.05) is 0 Å². The van der Waals surface area contributed by atoms with Gasteiger partial charge in [0.15, 0.2) is 0 Å². The fourth-order valence-electron chi connectivity index (χ4n) is 2.22. The van der Waals surface area contributed by atoms with Gasteiger partial charge in [0.1, 0.15) is 0 Å². The Kier molecular flexibility index (Phi) is 8.53. The molecule has 1 aliphatic heterocycles. The summed E-state index contributed by atoms with van der Waals surface area (Å²) in [6.45, 7) is 0.607. The molecule has 0 radical (unpaired) electrons. The number of halogens is 1. The number of amides is 5. The van der Waals surface area contributed by atoms with Crippen molar-refractivity contribution in [1.29, 1.82) is 0 Å². The minimum absolute atomic E-state index is 0. The number of benzene rings is 1. The number of hydrogen-bond donors (Lipinski definition) is 4. The highest BCUT2D eigenvalue weighted by Gasteiger charge is 2.28. The number of rotatable bonds is 8. The molecule has 2 rings (SSSR count). The number of hydrogen-bond acceptors (Lipinski definition) is 5. The van der Waals surface area contributed by atoms with Crippen molar-refractivity contribution in [3.8, 4) is 0 Å². The van der Waals surface area contributed by atoms with Crippen LogP contribution in [0.3, 0.4) is 0 Å². The third-order valence-corrected chi connectivity index (χ3v) is 3.55. The van der Waals surface area contributed by atoms with Gasteiger partial charge in [0.2, 0.25) is 17.7 Å². The topological polar surface area (TPSA) is 120 Å². The smallest absolute Gasteiger partial charge is 0.324 e. The van der Waals surface area contributed by atoms with Gasteiger partial charge in [-0.05, 0) is 31.3 Å². The highest BCUT2D eigenvalue weighted by Crippen LogP contribution is 2.14. The third-order valence-electron chi connectivity index (χ3n) is 3.55. The van der Waals surface area contributed by atoms with E-state index in [0.29, 0.717) is 24.3 Å². The highest BCUT2D eigenvalue weighted by molar-refractivity contribution is 6.02. The second kappa shape index (κ2) is 10.4. The summed E-state index contributed by atoms with van der Waals surface area (Å²) >= 11 is 0. The van der Waals surface area contributed by atoms with Crippen LogP contribution in [-0.2, 0) is 14.4 Å². The van der Waals surface area contributed by atoms with E-state index in [9.17, 15) is 19.2 Å². The summed E-state index contributed by atoms with van der Waals surface area (Å²) in [5.41, 5.74) is 1.20. The van der Waals surface area contributed by atoms with Crippen molar-refractivity contribution in [2.45, 2.75) is 12.8 Å². The van der Waals surface area contributed by atoms with Crippen molar-refractivity contribution >= 4 is 47.5 Å². The van der Waals surface area contributed by atoms with E-state index in [1.54, 1.807) is 31.3 Å². The largest absolute Gasteiger partial charge is 0.329 e. The maximum atomic E-state index is 11.9. The molecule has 0 aromatic heterocycles. The lowest BCUT2D eigenvalue weighted by atomic mass is 10.2. The summed E-state index contributed by atoms with van der Waals surface area (Å²) in [4.78, 5) is 47.3. The lowest BCUT2D eigenvalue weighted by Gasteiger charge is -2.12. The monoisotopic (exact) mass is 383 g/mol. The maximum absolute atomic E-state index is 11.9. The standard InChI is InChI=1S/C16H21N5O4.ClH/c1-17-8-6-13(22)19-11-2-4-12(5-3-11)20-14(23)7-9-21-15(24)10-18-16(21)25;/h2-5,17H,6-10H2,1H3,(H,18,25)(H,19,22)(H,20,23);1H. The van der Waals surface area contributed by atoms with Gasteiger partial charge in [0.25, 0.3) is 0 Å². The van der Waals surface area contributed by atoms with Crippen LogP contribution in [0.4, 0.5) is 16.2 Å². The van der Waals surface area contributed by atoms with E-state index in [4.69, 9.17) is 0 Å². The number of imide groups is 1. The Morgan fingerprint density at radius 1 is 1.04 bits per heavy atom. The Bertz CT molecular complexity index is 649. The SMILES string of the molecule is CNCCC(=O)Nc1ccc(NC(=O)CCN2C(=O)CNC2=O)cc1.Cl. The van der Waals surface area contributed by atoms with Crippen molar-refractivity contribution in [3.05, 3.63) is 24.3 Å². The minimum atomic E-state index is -0.476. The van der Waals surface area contributed by atoms with Gasteiger partial charge in [-0.15, -0.1) is 12.4 Å². The Labute approximate surface area is 157 Å². The van der Waals surface area contributed by atoms with Crippen LogP contribution in [0.2, 0.25) is 0 Å². The molecule has 0 bridgehead atoms. The zero-order chi connectivity index (χ0) is 18.2. The van der Waals surface area contributed by atoms with Gasteiger partial charge in [0.05, 0.1) is 6.54 Å². The van der Waals surface area contributed by atoms with Crippen LogP contribution in [-0.4, -0.2) is 55.3 Å². The lowest BCUT2D eigenvalue weighted by Crippen LogP contribution is -2.33. The first-order chi connectivity index (χ1) is 12.0. The summed E-state index contributed by atoms with van der Waals surface area (Å²) < 4.78 is 0. The number of nitrogens with one attached hydrogen (secondary N) is 4. The van der Waals surface area contributed by atoms with Crippen molar-refractivity contribution in [2.75, 3.05) is 37.3 Å². The molecule has 9 nitrogen and oxygen atoms in total. The molecule has 0 spiro atoms. The summed E-state index contributed by atoms with van der Waals surface area (Å²) in [5.74, 6) is -0.742. The van der Waals surface area contributed by atoms with Crippen LogP contribution in [0, 0.1) is 0 Å².